The fraction of sp³-hybridized carbons (Fsp3) is 0.385. The van der Waals surface area contributed by atoms with Crippen LogP contribution in [0.15, 0.2) is 30.9 Å². The van der Waals surface area contributed by atoms with E-state index in [4.69, 9.17) is 4.74 Å². The van der Waals surface area contributed by atoms with Crippen molar-refractivity contribution in [2.75, 3.05) is 13.1 Å². The van der Waals surface area contributed by atoms with E-state index in [0.29, 0.717) is 19.5 Å². The van der Waals surface area contributed by atoms with E-state index >= 15 is 0 Å². The number of carbonyl (C=O) groups is 1. The van der Waals surface area contributed by atoms with Crippen molar-refractivity contribution in [3.05, 3.63) is 36.7 Å². The maximum Gasteiger partial charge on any atom is 0.316 e. The van der Waals surface area contributed by atoms with E-state index in [1.54, 1.807) is 28.0 Å². The number of rotatable bonds is 4. The van der Waals surface area contributed by atoms with E-state index < -0.39 is 5.82 Å². The smallest absolute Gasteiger partial charge is 0.316 e. The second kappa shape index (κ2) is 5.86. The summed E-state index contributed by atoms with van der Waals surface area (Å²) in [5.41, 5.74) is 0. The summed E-state index contributed by atoms with van der Waals surface area (Å²) in [6.45, 7) is 1.31. The lowest BCUT2D eigenvalue weighted by Crippen LogP contribution is -2.33. The molecule has 110 valence electrons. The van der Waals surface area contributed by atoms with Gasteiger partial charge in [0.05, 0.1) is 18.9 Å². The summed E-state index contributed by atoms with van der Waals surface area (Å²) in [6.07, 6.45) is 6.02. The number of nitrogens with zero attached hydrogens (tertiary/aromatic N) is 5. The Morgan fingerprint density at radius 2 is 2.24 bits per heavy atom. The number of halogens is 1. The summed E-state index contributed by atoms with van der Waals surface area (Å²) in [7, 11) is 0. The fourth-order valence-electron chi connectivity index (χ4n) is 2.19. The molecular weight excluding hydrogens is 277 g/mol. The molecule has 2 aromatic rings. The molecule has 1 saturated heterocycles. The molecular formula is C13H14FN5O2. The molecule has 1 aliphatic heterocycles. The molecule has 0 saturated carbocycles. The molecule has 1 fully saturated rings. The lowest BCUT2D eigenvalue weighted by atomic mass is 10.3. The number of likely N-dealkylation sites (tertiary alicyclic amines) is 1. The summed E-state index contributed by atoms with van der Waals surface area (Å²) >= 11 is 0. The number of carbonyl (C=O) groups excluding carboxylic acids is 1. The van der Waals surface area contributed by atoms with Crippen molar-refractivity contribution >= 4 is 5.91 Å². The number of hydrogen-bond acceptors (Lipinski definition) is 5. The van der Waals surface area contributed by atoms with Crippen LogP contribution in [0.25, 0.3) is 0 Å². The molecule has 3 heterocycles. The van der Waals surface area contributed by atoms with Crippen LogP contribution in [0.2, 0.25) is 0 Å². The Labute approximate surface area is 120 Å². The van der Waals surface area contributed by atoms with Crippen LogP contribution < -0.4 is 4.74 Å². The molecule has 0 aromatic carbocycles. The third kappa shape index (κ3) is 3.33. The molecule has 8 heteroatoms. The second-order valence-electron chi connectivity index (χ2n) is 4.76. The van der Waals surface area contributed by atoms with Crippen molar-refractivity contribution < 1.29 is 13.9 Å². The van der Waals surface area contributed by atoms with Crippen molar-refractivity contribution in [1.82, 2.24) is 24.6 Å². The van der Waals surface area contributed by atoms with Crippen LogP contribution in [-0.2, 0) is 11.3 Å². The van der Waals surface area contributed by atoms with E-state index in [2.05, 4.69) is 15.1 Å². The van der Waals surface area contributed by atoms with Crippen molar-refractivity contribution in [3.63, 3.8) is 0 Å². The minimum absolute atomic E-state index is 0.00942. The van der Waals surface area contributed by atoms with Gasteiger partial charge in [0, 0.05) is 25.4 Å². The molecule has 0 bridgehead atoms. The predicted octanol–water partition coefficient (Wildman–Crippen LogP) is 0.492. The molecule has 0 spiro atoms. The maximum atomic E-state index is 12.7. The SMILES string of the molecule is O=C(Cn1cccn1)N1CC[C@H](Oc2ncc(F)cn2)C1. The normalized spacial score (nSPS) is 18.0. The number of ether oxygens (including phenoxy) is 1. The lowest BCUT2D eigenvalue weighted by Gasteiger charge is -2.16. The Kier molecular flexibility index (Phi) is 3.76. The fourth-order valence-corrected chi connectivity index (χ4v) is 2.19. The molecule has 0 aliphatic carbocycles. The summed E-state index contributed by atoms with van der Waals surface area (Å²) in [6, 6.07) is 1.90. The van der Waals surface area contributed by atoms with E-state index in [9.17, 15) is 9.18 Å². The van der Waals surface area contributed by atoms with Gasteiger partial charge in [-0.3, -0.25) is 9.48 Å². The Hall–Kier alpha value is -2.51. The van der Waals surface area contributed by atoms with Gasteiger partial charge in [-0.25, -0.2) is 14.4 Å². The van der Waals surface area contributed by atoms with E-state index in [1.165, 1.54) is 0 Å². The largest absolute Gasteiger partial charge is 0.458 e. The molecule has 1 amide bonds. The molecule has 3 rings (SSSR count). The minimum atomic E-state index is -0.509. The summed E-state index contributed by atoms with van der Waals surface area (Å²) in [5, 5.41) is 4.01. The van der Waals surface area contributed by atoms with Crippen LogP contribution in [-0.4, -0.2) is 49.7 Å². The third-order valence-electron chi connectivity index (χ3n) is 3.22. The zero-order valence-electron chi connectivity index (χ0n) is 11.2. The highest BCUT2D eigenvalue weighted by Gasteiger charge is 2.28. The first-order chi connectivity index (χ1) is 10.2. The van der Waals surface area contributed by atoms with Crippen molar-refractivity contribution in [2.24, 2.45) is 0 Å². The minimum Gasteiger partial charge on any atom is -0.458 e. The third-order valence-corrected chi connectivity index (χ3v) is 3.22. The molecule has 0 radical (unpaired) electrons. The first kappa shape index (κ1) is 13.5. The van der Waals surface area contributed by atoms with E-state index in [-0.39, 0.29) is 24.6 Å². The highest BCUT2D eigenvalue weighted by Crippen LogP contribution is 2.15. The Morgan fingerprint density at radius 1 is 1.43 bits per heavy atom. The zero-order valence-corrected chi connectivity index (χ0v) is 11.2. The topological polar surface area (TPSA) is 73.1 Å². The standard InChI is InChI=1S/C13H14FN5O2/c14-10-6-15-13(16-7-10)21-11-2-5-18(8-11)12(20)9-19-4-1-3-17-19/h1,3-4,6-7,11H,2,5,8-9H2/t11-/m0/s1. The Morgan fingerprint density at radius 3 is 2.95 bits per heavy atom. The van der Waals surface area contributed by atoms with Gasteiger partial charge in [-0.05, 0) is 6.07 Å². The molecule has 1 aliphatic rings. The second-order valence-corrected chi connectivity index (χ2v) is 4.76. The van der Waals surface area contributed by atoms with Gasteiger partial charge in [-0.2, -0.15) is 5.10 Å². The average Bonchev–Trinajstić information content (AvgIpc) is 3.13. The van der Waals surface area contributed by atoms with Gasteiger partial charge in [-0.1, -0.05) is 0 Å². The lowest BCUT2D eigenvalue weighted by molar-refractivity contribution is -0.131. The quantitative estimate of drug-likeness (QED) is 0.820. The molecule has 0 N–H and O–H groups in total. The van der Waals surface area contributed by atoms with E-state index in [1.807, 2.05) is 0 Å². The zero-order chi connectivity index (χ0) is 14.7. The Bertz CT molecular complexity index is 602. The van der Waals surface area contributed by atoms with Crippen LogP contribution in [0.4, 0.5) is 4.39 Å². The molecule has 2 aromatic heterocycles. The van der Waals surface area contributed by atoms with Crippen molar-refractivity contribution in [2.45, 2.75) is 19.1 Å². The van der Waals surface area contributed by atoms with Gasteiger partial charge in [0.25, 0.3) is 0 Å². The highest BCUT2D eigenvalue weighted by atomic mass is 19.1. The number of aromatic nitrogens is 4. The highest BCUT2D eigenvalue weighted by molar-refractivity contribution is 5.76. The van der Waals surface area contributed by atoms with Crippen LogP contribution in [0.3, 0.4) is 0 Å². The summed E-state index contributed by atoms with van der Waals surface area (Å²) in [4.78, 5) is 21.3. The van der Waals surface area contributed by atoms with Crippen LogP contribution in [0.5, 0.6) is 6.01 Å². The molecule has 21 heavy (non-hydrogen) atoms. The predicted molar refractivity (Wildman–Crippen MR) is 69.8 cm³/mol. The van der Waals surface area contributed by atoms with Gasteiger partial charge >= 0.3 is 6.01 Å². The first-order valence-corrected chi connectivity index (χ1v) is 6.60. The van der Waals surface area contributed by atoms with Gasteiger partial charge in [0.15, 0.2) is 5.82 Å². The van der Waals surface area contributed by atoms with Gasteiger partial charge in [0.1, 0.15) is 12.6 Å². The first-order valence-electron chi connectivity index (χ1n) is 6.60. The van der Waals surface area contributed by atoms with Crippen molar-refractivity contribution in [3.8, 4) is 6.01 Å². The number of amides is 1. The van der Waals surface area contributed by atoms with Crippen LogP contribution in [0.1, 0.15) is 6.42 Å². The number of hydrogen-bond donors (Lipinski definition) is 0. The maximum absolute atomic E-state index is 12.7. The van der Waals surface area contributed by atoms with Gasteiger partial charge < -0.3 is 9.64 Å². The van der Waals surface area contributed by atoms with Gasteiger partial charge in [-0.15, -0.1) is 0 Å². The monoisotopic (exact) mass is 291 g/mol. The Balaban J connectivity index is 1.53. The molecule has 1 atom stereocenters. The van der Waals surface area contributed by atoms with Gasteiger partial charge in [0.2, 0.25) is 5.91 Å². The van der Waals surface area contributed by atoms with Crippen molar-refractivity contribution in [1.29, 1.82) is 0 Å². The summed E-state index contributed by atoms with van der Waals surface area (Å²) in [5.74, 6) is -0.519. The average molecular weight is 291 g/mol. The van der Waals surface area contributed by atoms with E-state index in [0.717, 1.165) is 12.4 Å². The van der Waals surface area contributed by atoms with Crippen LogP contribution >= 0.6 is 0 Å². The summed E-state index contributed by atoms with van der Waals surface area (Å²) < 4.78 is 19.8. The van der Waals surface area contributed by atoms with Crippen LogP contribution in [0, 0.1) is 5.82 Å². The molecule has 0 unspecified atom stereocenters. The molecule has 7 nitrogen and oxygen atoms in total.